The van der Waals surface area contributed by atoms with E-state index in [9.17, 15) is 0 Å². The Kier molecular flexibility index (Phi) is 5.00. The highest BCUT2D eigenvalue weighted by Gasteiger charge is 2.32. The largest absolute Gasteiger partial charge is 0.381 e. The molecule has 2 rings (SSSR count). The van der Waals surface area contributed by atoms with Crippen LogP contribution < -0.4 is 5.32 Å². The predicted molar refractivity (Wildman–Crippen MR) is 80.5 cm³/mol. The van der Waals surface area contributed by atoms with Gasteiger partial charge in [0, 0.05) is 24.7 Å². The Morgan fingerprint density at radius 2 is 1.84 bits per heavy atom. The molecular weight excluding hydrogens is 234 g/mol. The third-order valence-electron chi connectivity index (χ3n) is 4.65. The summed E-state index contributed by atoms with van der Waals surface area (Å²) in [6.45, 7) is 6.57. The summed E-state index contributed by atoms with van der Waals surface area (Å²) in [7, 11) is 2.09. The van der Waals surface area contributed by atoms with Gasteiger partial charge in [-0.1, -0.05) is 44.2 Å². The maximum absolute atomic E-state index is 5.46. The summed E-state index contributed by atoms with van der Waals surface area (Å²) in [6.07, 6.45) is 3.66. The summed E-state index contributed by atoms with van der Waals surface area (Å²) in [5, 5.41) is 3.55. The van der Waals surface area contributed by atoms with Gasteiger partial charge in [0.05, 0.1) is 0 Å². The molecule has 1 atom stereocenters. The van der Waals surface area contributed by atoms with E-state index in [1.54, 1.807) is 0 Å². The molecule has 0 bridgehead atoms. The van der Waals surface area contributed by atoms with Crippen molar-refractivity contribution < 1.29 is 4.74 Å². The highest BCUT2D eigenvalue weighted by molar-refractivity contribution is 5.25. The number of likely N-dealkylation sites (N-methyl/N-ethyl adjacent to an activating group) is 1. The number of hydrogen-bond donors (Lipinski definition) is 1. The zero-order valence-electron chi connectivity index (χ0n) is 12.5. The first-order valence-corrected chi connectivity index (χ1v) is 7.45. The Morgan fingerprint density at radius 3 is 2.42 bits per heavy atom. The number of benzene rings is 1. The topological polar surface area (TPSA) is 21.3 Å². The van der Waals surface area contributed by atoms with Gasteiger partial charge >= 0.3 is 0 Å². The van der Waals surface area contributed by atoms with Crippen molar-refractivity contribution in [3.8, 4) is 0 Å². The van der Waals surface area contributed by atoms with Gasteiger partial charge in [0.25, 0.3) is 0 Å². The normalized spacial score (nSPS) is 19.3. The number of ether oxygens (including phenoxy) is 1. The number of nitrogens with one attached hydrogen (secondary N) is 1. The Hall–Kier alpha value is -0.860. The quantitative estimate of drug-likeness (QED) is 0.877. The molecule has 0 amide bonds. The third kappa shape index (κ3) is 3.58. The van der Waals surface area contributed by atoms with Crippen molar-refractivity contribution in [2.24, 2.45) is 5.92 Å². The minimum atomic E-state index is 0.161. The zero-order chi connectivity index (χ0) is 13.7. The van der Waals surface area contributed by atoms with E-state index in [4.69, 9.17) is 4.74 Å². The van der Waals surface area contributed by atoms with Crippen LogP contribution in [0, 0.1) is 5.92 Å². The standard InChI is InChI=1S/C17H27NO/c1-17(2,15-7-5-4-6-8-15)16(18-3)13-14-9-11-19-12-10-14/h4-8,14,16,18H,9-13H2,1-3H3. The fourth-order valence-electron chi connectivity index (χ4n) is 3.16. The molecule has 2 heteroatoms. The van der Waals surface area contributed by atoms with Gasteiger partial charge in [-0.2, -0.15) is 0 Å². The van der Waals surface area contributed by atoms with Crippen molar-refractivity contribution in [3.05, 3.63) is 35.9 Å². The Labute approximate surface area is 117 Å². The molecule has 1 aliphatic rings. The molecule has 0 saturated carbocycles. The van der Waals surface area contributed by atoms with Crippen LogP contribution in [0.5, 0.6) is 0 Å². The van der Waals surface area contributed by atoms with Gasteiger partial charge in [0.2, 0.25) is 0 Å². The molecule has 1 aliphatic heterocycles. The van der Waals surface area contributed by atoms with Crippen molar-refractivity contribution in [1.29, 1.82) is 0 Å². The van der Waals surface area contributed by atoms with Crippen molar-refractivity contribution in [3.63, 3.8) is 0 Å². The molecule has 1 fully saturated rings. The van der Waals surface area contributed by atoms with E-state index < -0.39 is 0 Å². The average molecular weight is 261 g/mol. The molecule has 1 N–H and O–H groups in total. The highest BCUT2D eigenvalue weighted by atomic mass is 16.5. The smallest absolute Gasteiger partial charge is 0.0468 e. The molecular formula is C17H27NO. The Morgan fingerprint density at radius 1 is 1.21 bits per heavy atom. The summed E-state index contributed by atoms with van der Waals surface area (Å²) < 4.78 is 5.46. The molecule has 1 heterocycles. The predicted octanol–water partition coefficient (Wildman–Crippen LogP) is 3.37. The summed E-state index contributed by atoms with van der Waals surface area (Å²) in [5.41, 5.74) is 1.58. The van der Waals surface area contributed by atoms with Crippen LogP contribution in [-0.4, -0.2) is 26.3 Å². The summed E-state index contributed by atoms with van der Waals surface area (Å²) in [6, 6.07) is 11.4. The van der Waals surface area contributed by atoms with Crippen LogP contribution in [-0.2, 0) is 10.2 Å². The van der Waals surface area contributed by atoms with Gasteiger partial charge in [0.1, 0.15) is 0 Å². The van der Waals surface area contributed by atoms with Gasteiger partial charge < -0.3 is 10.1 Å². The minimum absolute atomic E-state index is 0.161. The van der Waals surface area contributed by atoms with Gasteiger partial charge in [-0.25, -0.2) is 0 Å². The highest BCUT2D eigenvalue weighted by Crippen LogP contribution is 2.32. The molecule has 1 aromatic rings. The lowest BCUT2D eigenvalue weighted by Crippen LogP contribution is -2.44. The van der Waals surface area contributed by atoms with Gasteiger partial charge in [0.15, 0.2) is 0 Å². The van der Waals surface area contributed by atoms with E-state index in [2.05, 4.69) is 56.5 Å². The third-order valence-corrected chi connectivity index (χ3v) is 4.65. The van der Waals surface area contributed by atoms with E-state index in [1.807, 2.05) is 0 Å². The average Bonchev–Trinajstić information content (AvgIpc) is 2.46. The van der Waals surface area contributed by atoms with E-state index in [0.29, 0.717) is 6.04 Å². The molecule has 1 saturated heterocycles. The molecule has 0 aromatic heterocycles. The van der Waals surface area contributed by atoms with Crippen molar-refractivity contribution in [1.82, 2.24) is 5.32 Å². The van der Waals surface area contributed by atoms with Crippen LogP contribution in [0.25, 0.3) is 0 Å². The van der Waals surface area contributed by atoms with Gasteiger partial charge in [-0.05, 0) is 37.8 Å². The maximum atomic E-state index is 5.46. The second-order valence-electron chi connectivity index (χ2n) is 6.22. The lowest BCUT2D eigenvalue weighted by Gasteiger charge is -2.38. The molecule has 106 valence electrons. The molecule has 2 nitrogen and oxygen atoms in total. The Balaban J connectivity index is 2.07. The van der Waals surface area contributed by atoms with E-state index in [0.717, 1.165) is 19.1 Å². The van der Waals surface area contributed by atoms with Crippen LogP contribution in [0.2, 0.25) is 0 Å². The molecule has 1 unspecified atom stereocenters. The first kappa shape index (κ1) is 14.5. The molecule has 0 radical (unpaired) electrons. The van der Waals surface area contributed by atoms with Gasteiger partial charge in [-0.15, -0.1) is 0 Å². The molecule has 19 heavy (non-hydrogen) atoms. The van der Waals surface area contributed by atoms with E-state index in [1.165, 1.54) is 24.8 Å². The van der Waals surface area contributed by atoms with Crippen LogP contribution in [0.1, 0.15) is 38.7 Å². The lowest BCUT2D eigenvalue weighted by molar-refractivity contribution is 0.0577. The first-order valence-electron chi connectivity index (χ1n) is 7.45. The molecule has 0 spiro atoms. The fraction of sp³-hybridized carbons (Fsp3) is 0.647. The van der Waals surface area contributed by atoms with E-state index in [-0.39, 0.29) is 5.41 Å². The minimum Gasteiger partial charge on any atom is -0.381 e. The monoisotopic (exact) mass is 261 g/mol. The molecule has 0 aliphatic carbocycles. The summed E-state index contributed by atoms with van der Waals surface area (Å²) in [4.78, 5) is 0. The van der Waals surface area contributed by atoms with Crippen molar-refractivity contribution in [2.45, 2.75) is 44.6 Å². The number of hydrogen-bond acceptors (Lipinski definition) is 2. The summed E-state index contributed by atoms with van der Waals surface area (Å²) >= 11 is 0. The maximum Gasteiger partial charge on any atom is 0.0468 e. The zero-order valence-corrected chi connectivity index (χ0v) is 12.5. The Bertz CT molecular complexity index is 368. The van der Waals surface area contributed by atoms with Crippen LogP contribution in [0.3, 0.4) is 0 Å². The van der Waals surface area contributed by atoms with Crippen molar-refractivity contribution in [2.75, 3.05) is 20.3 Å². The van der Waals surface area contributed by atoms with E-state index >= 15 is 0 Å². The second-order valence-corrected chi connectivity index (χ2v) is 6.22. The van der Waals surface area contributed by atoms with Crippen LogP contribution >= 0.6 is 0 Å². The van der Waals surface area contributed by atoms with Gasteiger partial charge in [-0.3, -0.25) is 0 Å². The molecule has 1 aromatic carbocycles. The summed E-state index contributed by atoms with van der Waals surface area (Å²) in [5.74, 6) is 0.800. The van der Waals surface area contributed by atoms with Crippen LogP contribution in [0.15, 0.2) is 30.3 Å². The number of rotatable bonds is 5. The van der Waals surface area contributed by atoms with Crippen molar-refractivity contribution >= 4 is 0 Å². The fourth-order valence-corrected chi connectivity index (χ4v) is 3.16. The van der Waals surface area contributed by atoms with Crippen LogP contribution in [0.4, 0.5) is 0 Å². The lowest BCUT2D eigenvalue weighted by atomic mass is 9.73. The first-order chi connectivity index (χ1) is 9.14. The SMILES string of the molecule is CNC(CC1CCOCC1)C(C)(C)c1ccccc1. The second kappa shape index (κ2) is 6.53.